The number of carbonyl (C=O) groups is 2. The topological polar surface area (TPSA) is 84.9 Å². The fourth-order valence-corrected chi connectivity index (χ4v) is 2.52. The van der Waals surface area contributed by atoms with Crippen LogP contribution in [0.1, 0.15) is 17.5 Å². The summed E-state index contributed by atoms with van der Waals surface area (Å²) in [6.07, 6.45) is -0.364. The van der Waals surface area contributed by atoms with Crippen LogP contribution in [0, 0.1) is 0 Å². The number of aryl methyl sites for hydroxylation is 1. The van der Waals surface area contributed by atoms with Gasteiger partial charge in [-0.1, -0.05) is 30.3 Å². The Morgan fingerprint density at radius 2 is 2.00 bits per heavy atom. The molecule has 0 saturated carbocycles. The zero-order chi connectivity index (χ0) is 16.9. The van der Waals surface area contributed by atoms with E-state index in [-0.39, 0.29) is 6.61 Å². The fourth-order valence-electron chi connectivity index (χ4n) is 2.52. The van der Waals surface area contributed by atoms with Crippen LogP contribution < -0.4 is 10.1 Å². The number of rotatable bonds is 4. The van der Waals surface area contributed by atoms with E-state index < -0.39 is 18.2 Å². The van der Waals surface area contributed by atoms with Gasteiger partial charge in [-0.3, -0.25) is 5.32 Å². The number of hydrogen-bond donors (Lipinski definition) is 2. The Hall–Kier alpha value is -3.02. The van der Waals surface area contributed by atoms with Crippen molar-refractivity contribution in [3.05, 3.63) is 59.7 Å². The van der Waals surface area contributed by atoms with Gasteiger partial charge in [-0.2, -0.15) is 0 Å². The fraction of sp³-hybridized carbons (Fsp3) is 0.222. The summed E-state index contributed by atoms with van der Waals surface area (Å²) in [7, 11) is 0. The molecule has 2 aromatic carbocycles. The maximum Gasteiger partial charge on any atom is 0.411 e. The number of ether oxygens (including phenoxy) is 2. The van der Waals surface area contributed by atoms with Crippen LogP contribution >= 0.6 is 0 Å². The van der Waals surface area contributed by atoms with Gasteiger partial charge in [-0.25, -0.2) is 9.59 Å². The van der Waals surface area contributed by atoms with E-state index >= 15 is 0 Å². The molecule has 1 heterocycles. The summed E-state index contributed by atoms with van der Waals surface area (Å²) in [6, 6.07) is 14.5. The van der Waals surface area contributed by atoms with Gasteiger partial charge in [0, 0.05) is 5.69 Å². The summed E-state index contributed by atoms with van der Waals surface area (Å²) in [4.78, 5) is 22.8. The van der Waals surface area contributed by atoms with Crippen molar-refractivity contribution in [1.29, 1.82) is 0 Å². The number of carboxylic acids is 1. The summed E-state index contributed by atoms with van der Waals surface area (Å²) in [6.45, 7) is 0.195. The molecule has 6 heteroatoms. The largest absolute Gasteiger partial charge is 0.479 e. The SMILES string of the molecule is O=C(Nc1ccc2c(c1)CCC(C(=O)O)O2)OCc1ccccc1. The average molecular weight is 327 g/mol. The molecular formula is C18H17NO5. The Labute approximate surface area is 139 Å². The van der Waals surface area contributed by atoms with E-state index in [9.17, 15) is 9.59 Å². The lowest BCUT2D eigenvalue weighted by Gasteiger charge is -2.23. The van der Waals surface area contributed by atoms with E-state index in [0.717, 1.165) is 11.1 Å². The van der Waals surface area contributed by atoms with Crippen LogP contribution in [0.3, 0.4) is 0 Å². The molecule has 24 heavy (non-hydrogen) atoms. The zero-order valence-electron chi connectivity index (χ0n) is 12.9. The van der Waals surface area contributed by atoms with Gasteiger partial charge < -0.3 is 14.6 Å². The predicted molar refractivity (Wildman–Crippen MR) is 87.1 cm³/mol. The van der Waals surface area contributed by atoms with Crippen LogP contribution in [0.5, 0.6) is 5.75 Å². The summed E-state index contributed by atoms with van der Waals surface area (Å²) in [5.41, 5.74) is 2.36. The van der Waals surface area contributed by atoms with E-state index in [4.69, 9.17) is 14.6 Å². The molecule has 2 N–H and O–H groups in total. The second-order valence-electron chi connectivity index (χ2n) is 5.49. The first-order valence-electron chi connectivity index (χ1n) is 7.62. The number of amides is 1. The summed E-state index contributed by atoms with van der Waals surface area (Å²) < 4.78 is 10.6. The molecule has 0 radical (unpaired) electrons. The number of carbonyl (C=O) groups excluding carboxylic acids is 1. The molecule has 1 amide bonds. The van der Waals surface area contributed by atoms with Crippen LogP contribution in [0.15, 0.2) is 48.5 Å². The number of aliphatic carboxylic acids is 1. The van der Waals surface area contributed by atoms with Crippen molar-refractivity contribution in [1.82, 2.24) is 0 Å². The highest BCUT2D eigenvalue weighted by atomic mass is 16.5. The van der Waals surface area contributed by atoms with Gasteiger partial charge in [0.25, 0.3) is 0 Å². The molecule has 0 spiro atoms. The zero-order valence-corrected chi connectivity index (χ0v) is 12.9. The quantitative estimate of drug-likeness (QED) is 0.900. The summed E-state index contributed by atoms with van der Waals surface area (Å²) in [5.74, 6) is -0.427. The lowest BCUT2D eigenvalue weighted by molar-refractivity contribution is -0.145. The van der Waals surface area contributed by atoms with Gasteiger partial charge in [-0.15, -0.1) is 0 Å². The summed E-state index contributed by atoms with van der Waals surface area (Å²) in [5, 5.41) is 11.7. The number of nitrogens with one attached hydrogen (secondary N) is 1. The van der Waals surface area contributed by atoms with Crippen LogP contribution in [0.4, 0.5) is 10.5 Å². The number of carboxylic acid groups (broad SMARTS) is 1. The molecule has 0 bridgehead atoms. The van der Waals surface area contributed by atoms with Gasteiger partial charge in [0.2, 0.25) is 0 Å². The maximum atomic E-state index is 11.9. The molecular weight excluding hydrogens is 310 g/mol. The Kier molecular flexibility index (Phi) is 4.65. The van der Waals surface area contributed by atoms with Crippen LogP contribution in [-0.2, 0) is 22.6 Å². The highest BCUT2D eigenvalue weighted by Crippen LogP contribution is 2.30. The molecule has 0 aliphatic carbocycles. The van der Waals surface area contributed by atoms with E-state index in [0.29, 0.717) is 24.3 Å². The molecule has 1 aliphatic heterocycles. The molecule has 2 aromatic rings. The van der Waals surface area contributed by atoms with Crippen molar-refractivity contribution < 1.29 is 24.2 Å². The Morgan fingerprint density at radius 1 is 1.21 bits per heavy atom. The third-order valence-corrected chi connectivity index (χ3v) is 3.74. The van der Waals surface area contributed by atoms with Gasteiger partial charge in [-0.05, 0) is 42.2 Å². The van der Waals surface area contributed by atoms with Crippen LogP contribution in [-0.4, -0.2) is 23.3 Å². The number of anilines is 1. The molecule has 0 fully saturated rings. The van der Waals surface area contributed by atoms with Crippen molar-refractivity contribution in [3.63, 3.8) is 0 Å². The minimum atomic E-state index is -0.965. The Morgan fingerprint density at radius 3 is 2.75 bits per heavy atom. The van der Waals surface area contributed by atoms with E-state index in [1.807, 2.05) is 30.3 Å². The van der Waals surface area contributed by atoms with Crippen molar-refractivity contribution in [3.8, 4) is 5.75 Å². The lowest BCUT2D eigenvalue weighted by atomic mass is 10.0. The first-order valence-corrected chi connectivity index (χ1v) is 7.62. The van der Waals surface area contributed by atoms with Crippen molar-refractivity contribution >= 4 is 17.7 Å². The molecule has 1 atom stereocenters. The smallest absolute Gasteiger partial charge is 0.411 e. The lowest BCUT2D eigenvalue weighted by Crippen LogP contribution is -2.30. The van der Waals surface area contributed by atoms with E-state index in [2.05, 4.69) is 5.32 Å². The van der Waals surface area contributed by atoms with Crippen molar-refractivity contribution in [2.45, 2.75) is 25.6 Å². The number of fused-ring (bicyclic) bond motifs is 1. The van der Waals surface area contributed by atoms with Gasteiger partial charge in [0.05, 0.1) is 0 Å². The molecule has 0 aromatic heterocycles. The Bertz CT molecular complexity index is 744. The van der Waals surface area contributed by atoms with Crippen LogP contribution in [0.2, 0.25) is 0 Å². The number of benzene rings is 2. The first kappa shape index (κ1) is 15.9. The second kappa shape index (κ2) is 7.04. The summed E-state index contributed by atoms with van der Waals surface area (Å²) >= 11 is 0. The van der Waals surface area contributed by atoms with Gasteiger partial charge >= 0.3 is 12.1 Å². The maximum absolute atomic E-state index is 11.9. The molecule has 1 unspecified atom stereocenters. The number of hydrogen-bond acceptors (Lipinski definition) is 4. The minimum absolute atomic E-state index is 0.195. The third kappa shape index (κ3) is 3.84. The van der Waals surface area contributed by atoms with E-state index in [1.54, 1.807) is 18.2 Å². The van der Waals surface area contributed by atoms with Crippen molar-refractivity contribution in [2.75, 3.05) is 5.32 Å². The van der Waals surface area contributed by atoms with Gasteiger partial charge in [0.15, 0.2) is 6.10 Å². The first-order chi connectivity index (χ1) is 11.6. The third-order valence-electron chi connectivity index (χ3n) is 3.74. The molecule has 124 valence electrons. The second-order valence-corrected chi connectivity index (χ2v) is 5.49. The monoisotopic (exact) mass is 327 g/mol. The minimum Gasteiger partial charge on any atom is -0.479 e. The Balaban J connectivity index is 1.58. The predicted octanol–water partition coefficient (Wildman–Crippen LogP) is 3.21. The molecule has 6 nitrogen and oxygen atoms in total. The molecule has 3 rings (SSSR count). The van der Waals surface area contributed by atoms with E-state index in [1.165, 1.54) is 0 Å². The van der Waals surface area contributed by atoms with Crippen molar-refractivity contribution in [2.24, 2.45) is 0 Å². The highest BCUT2D eigenvalue weighted by Gasteiger charge is 2.25. The molecule has 0 saturated heterocycles. The van der Waals surface area contributed by atoms with Gasteiger partial charge in [0.1, 0.15) is 12.4 Å². The van der Waals surface area contributed by atoms with Crippen LogP contribution in [0.25, 0.3) is 0 Å². The standard InChI is InChI=1S/C18H17NO5/c20-17(21)16-8-6-13-10-14(7-9-15(13)24-16)19-18(22)23-11-12-4-2-1-3-5-12/h1-5,7,9-10,16H,6,8,11H2,(H,19,22)(H,20,21). The normalized spacial score (nSPS) is 15.8. The highest BCUT2D eigenvalue weighted by molar-refractivity contribution is 5.85. The molecule has 1 aliphatic rings. The average Bonchev–Trinajstić information content (AvgIpc) is 2.60.